The normalized spacial score (nSPS) is 12.7. The molecule has 0 spiro atoms. The molecule has 0 saturated carbocycles. The van der Waals surface area contributed by atoms with Crippen LogP contribution in [0.3, 0.4) is 0 Å². The second kappa shape index (κ2) is 7.51. The van der Waals surface area contributed by atoms with Gasteiger partial charge in [-0.05, 0) is 32.7 Å². The number of hydrogen-bond donors (Lipinski definition) is 2. The maximum Gasteiger partial charge on any atom is 0.317 e. The Hall–Kier alpha value is -0.770. The lowest BCUT2D eigenvalue weighted by atomic mass is 10.0. The van der Waals surface area contributed by atoms with E-state index in [1.165, 1.54) is 0 Å². The second-order valence-corrected chi connectivity index (χ2v) is 4.05. The van der Waals surface area contributed by atoms with E-state index in [4.69, 9.17) is 5.73 Å². The standard InChI is InChI=1S/C11H25N3O/c1-5-14(6-2)11(15)13-10(7-8-12)9(3)4/h9-10H,5-8,12H2,1-4H3,(H,13,15). The van der Waals surface area contributed by atoms with Crippen molar-refractivity contribution in [3.05, 3.63) is 0 Å². The van der Waals surface area contributed by atoms with Gasteiger partial charge in [-0.15, -0.1) is 0 Å². The van der Waals surface area contributed by atoms with E-state index < -0.39 is 0 Å². The summed E-state index contributed by atoms with van der Waals surface area (Å²) in [5, 5.41) is 3.03. The molecule has 0 aromatic rings. The molecule has 90 valence electrons. The average Bonchev–Trinajstić information content (AvgIpc) is 2.18. The first-order valence-corrected chi connectivity index (χ1v) is 5.82. The third kappa shape index (κ3) is 5.02. The van der Waals surface area contributed by atoms with Crippen LogP contribution in [0.15, 0.2) is 0 Å². The van der Waals surface area contributed by atoms with Gasteiger partial charge in [-0.1, -0.05) is 13.8 Å². The number of rotatable bonds is 6. The van der Waals surface area contributed by atoms with Gasteiger partial charge in [0.1, 0.15) is 0 Å². The van der Waals surface area contributed by atoms with Crippen LogP contribution in [0.25, 0.3) is 0 Å². The predicted octanol–water partition coefficient (Wildman–Crippen LogP) is 1.41. The van der Waals surface area contributed by atoms with Gasteiger partial charge >= 0.3 is 6.03 Å². The molecule has 0 aliphatic heterocycles. The van der Waals surface area contributed by atoms with E-state index in [1.807, 2.05) is 13.8 Å². The monoisotopic (exact) mass is 215 g/mol. The molecule has 0 bridgehead atoms. The number of amides is 2. The summed E-state index contributed by atoms with van der Waals surface area (Å²) < 4.78 is 0. The fourth-order valence-electron chi connectivity index (χ4n) is 1.51. The van der Waals surface area contributed by atoms with Gasteiger partial charge in [0.2, 0.25) is 0 Å². The van der Waals surface area contributed by atoms with Crippen LogP contribution in [-0.2, 0) is 0 Å². The molecule has 1 unspecified atom stereocenters. The van der Waals surface area contributed by atoms with Crippen molar-refractivity contribution in [1.29, 1.82) is 0 Å². The van der Waals surface area contributed by atoms with Crippen LogP contribution >= 0.6 is 0 Å². The Morgan fingerprint density at radius 2 is 1.87 bits per heavy atom. The minimum absolute atomic E-state index is 0.0205. The first kappa shape index (κ1) is 14.2. The second-order valence-electron chi connectivity index (χ2n) is 4.05. The molecule has 0 saturated heterocycles. The lowest BCUT2D eigenvalue weighted by Crippen LogP contribution is -2.47. The van der Waals surface area contributed by atoms with Crippen molar-refractivity contribution < 1.29 is 4.79 Å². The van der Waals surface area contributed by atoms with Crippen molar-refractivity contribution >= 4 is 6.03 Å². The van der Waals surface area contributed by atoms with Crippen molar-refractivity contribution in [3.63, 3.8) is 0 Å². The van der Waals surface area contributed by atoms with Gasteiger partial charge in [0, 0.05) is 19.1 Å². The molecule has 1 atom stereocenters. The SMILES string of the molecule is CCN(CC)C(=O)NC(CCN)C(C)C. The number of nitrogens with two attached hydrogens (primary N) is 1. The maximum absolute atomic E-state index is 11.8. The van der Waals surface area contributed by atoms with E-state index in [-0.39, 0.29) is 12.1 Å². The van der Waals surface area contributed by atoms with Crippen LogP contribution in [0.1, 0.15) is 34.1 Å². The number of nitrogens with one attached hydrogen (secondary N) is 1. The quantitative estimate of drug-likeness (QED) is 0.704. The van der Waals surface area contributed by atoms with Gasteiger partial charge in [0.25, 0.3) is 0 Å². The Labute approximate surface area is 93.2 Å². The minimum Gasteiger partial charge on any atom is -0.335 e. The van der Waals surface area contributed by atoms with Crippen molar-refractivity contribution in [1.82, 2.24) is 10.2 Å². The zero-order chi connectivity index (χ0) is 11.8. The van der Waals surface area contributed by atoms with Gasteiger partial charge in [-0.3, -0.25) is 0 Å². The Kier molecular flexibility index (Phi) is 7.13. The van der Waals surface area contributed by atoms with Crippen molar-refractivity contribution in [2.75, 3.05) is 19.6 Å². The van der Waals surface area contributed by atoms with Crippen molar-refractivity contribution in [2.45, 2.75) is 40.2 Å². The van der Waals surface area contributed by atoms with E-state index in [9.17, 15) is 4.79 Å². The van der Waals surface area contributed by atoms with E-state index in [1.54, 1.807) is 4.90 Å². The molecule has 4 nitrogen and oxygen atoms in total. The largest absolute Gasteiger partial charge is 0.335 e. The molecule has 0 aliphatic carbocycles. The highest BCUT2D eigenvalue weighted by atomic mass is 16.2. The molecule has 0 rings (SSSR count). The van der Waals surface area contributed by atoms with Crippen LogP contribution in [0.5, 0.6) is 0 Å². The van der Waals surface area contributed by atoms with Gasteiger partial charge < -0.3 is 16.0 Å². The fourth-order valence-corrected chi connectivity index (χ4v) is 1.51. The van der Waals surface area contributed by atoms with Crippen LogP contribution in [-0.4, -0.2) is 36.6 Å². The number of urea groups is 1. The summed E-state index contributed by atoms with van der Waals surface area (Å²) in [4.78, 5) is 13.6. The van der Waals surface area contributed by atoms with E-state index in [0.717, 1.165) is 19.5 Å². The Morgan fingerprint density at radius 3 is 2.20 bits per heavy atom. The molecule has 0 aliphatic rings. The summed E-state index contributed by atoms with van der Waals surface area (Å²) in [6.07, 6.45) is 0.838. The Morgan fingerprint density at radius 1 is 1.33 bits per heavy atom. The van der Waals surface area contributed by atoms with Crippen LogP contribution < -0.4 is 11.1 Å². The van der Waals surface area contributed by atoms with Gasteiger partial charge in [0.05, 0.1) is 0 Å². The summed E-state index contributed by atoms with van der Waals surface area (Å²) in [6.45, 7) is 10.3. The summed E-state index contributed by atoms with van der Waals surface area (Å²) in [5.41, 5.74) is 5.52. The van der Waals surface area contributed by atoms with E-state index in [0.29, 0.717) is 12.5 Å². The predicted molar refractivity (Wildman–Crippen MR) is 63.8 cm³/mol. The molecule has 0 heterocycles. The number of hydrogen-bond acceptors (Lipinski definition) is 2. The summed E-state index contributed by atoms with van der Waals surface area (Å²) in [7, 11) is 0. The lowest BCUT2D eigenvalue weighted by Gasteiger charge is -2.26. The minimum atomic E-state index is 0.0205. The molecule has 15 heavy (non-hydrogen) atoms. The van der Waals surface area contributed by atoms with E-state index >= 15 is 0 Å². The fraction of sp³-hybridized carbons (Fsp3) is 0.909. The first-order valence-electron chi connectivity index (χ1n) is 5.82. The van der Waals surface area contributed by atoms with Crippen LogP contribution in [0.2, 0.25) is 0 Å². The lowest BCUT2D eigenvalue weighted by molar-refractivity contribution is 0.194. The zero-order valence-corrected chi connectivity index (χ0v) is 10.4. The Bertz CT molecular complexity index is 179. The first-order chi connectivity index (χ1) is 7.06. The molecular weight excluding hydrogens is 190 g/mol. The molecule has 4 heteroatoms. The molecule has 0 fully saturated rings. The summed E-state index contributed by atoms with van der Waals surface area (Å²) >= 11 is 0. The number of carbonyl (C=O) groups is 1. The Balaban J connectivity index is 4.20. The van der Waals surface area contributed by atoms with Crippen molar-refractivity contribution in [3.8, 4) is 0 Å². The molecule has 2 amide bonds. The molecule has 0 aromatic heterocycles. The van der Waals surface area contributed by atoms with Crippen LogP contribution in [0, 0.1) is 5.92 Å². The maximum atomic E-state index is 11.8. The third-order valence-electron chi connectivity index (χ3n) is 2.64. The highest BCUT2D eigenvalue weighted by molar-refractivity contribution is 5.74. The molecule has 0 radical (unpaired) electrons. The topological polar surface area (TPSA) is 58.4 Å². The van der Waals surface area contributed by atoms with Crippen LogP contribution in [0.4, 0.5) is 4.79 Å². The zero-order valence-electron chi connectivity index (χ0n) is 10.4. The third-order valence-corrected chi connectivity index (χ3v) is 2.64. The highest BCUT2D eigenvalue weighted by Gasteiger charge is 2.17. The molecule has 0 aromatic carbocycles. The van der Waals surface area contributed by atoms with E-state index in [2.05, 4.69) is 19.2 Å². The summed E-state index contributed by atoms with van der Waals surface area (Å²) in [5.74, 6) is 0.424. The number of nitrogens with zero attached hydrogens (tertiary/aromatic N) is 1. The van der Waals surface area contributed by atoms with Gasteiger partial charge in [-0.2, -0.15) is 0 Å². The average molecular weight is 215 g/mol. The van der Waals surface area contributed by atoms with Crippen molar-refractivity contribution in [2.24, 2.45) is 11.7 Å². The molecule has 3 N–H and O–H groups in total. The summed E-state index contributed by atoms with van der Waals surface area (Å²) in [6, 6.07) is 0.204. The van der Waals surface area contributed by atoms with Gasteiger partial charge in [-0.25, -0.2) is 4.79 Å². The smallest absolute Gasteiger partial charge is 0.317 e. The highest BCUT2D eigenvalue weighted by Crippen LogP contribution is 2.05. The van der Waals surface area contributed by atoms with Gasteiger partial charge in [0.15, 0.2) is 0 Å². The number of carbonyl (C=O) groups excluding carboxylic acids is 1. The molecular formula is C11H25N3O.